The predicted octanol–water partition coefficient (Wildman–Crippen LogP) is -0.719. The van der Waals surface area contributed by atoms with Crippen molar-refractivity contribution in [3.8, 4) is 0 Å². The summed E-state index contributed by atoms with van der Waals surface area (Å²) in [5, 5.41) is 27.8. The highest BCUT2D eigenvalue weighted by Gasteiger charge is 2.65. The molecule has 1 saturated heterocycles. The number of carbonyl (C=O) groups excluding carboxylic acids is 1. The van der Waals surface area contributed by atoms with Crippen molar-refractivity contribution in [2.24, 2.45) is 10.1 Å². The Labute approximate surface area is 179 Å². The van der Waals surface area contributed by atoms with E-state index in [0.29, 0.717) is 11.3 Å². The van der Waals surface area contributed by atoms with Gasteiger partial charge in [-0.15, -0.1) is 23.1 Å². The third-order valence-electron chi connectivity index (χ3n) is 4.55. The fraction of sp³-hybridized carbons (Fsp3) is 0.438. The van der Waals surface area contributed by atoms with E-state index in [4.69, 9.17) is 15.3 Å². The molecule has 1 amide bonds. The molecule has 30 heavy (non-hydrogen) atoms. The third kappa shape index (κ3) is 3.51. The summed E-state index contributed by atoms with van der Waals surface area (Å²) in [6.07, 6.45) is -1.47. The fourth-order valence-electron chi connectivity index (χ4n) is 3.28. The number of aromatic nitrogens is 1. The van der Waals surface area contributed by atoms with E-state index >= 15 is 0 Å². The molecule has 0 aromatic carbocycles. The van der Waals surface area contributed by atoms with Crippen molar-refractivity contribution >= 4 is 52.5 Å². The van der Waals surface area contributed by atoms with Crippen molar-refractivity contribution < 1.29 is 29.4 Å². The molecule has 1 fully saturated rings. The number of anilines is 1. The number of hydrogen-bond acceptors (Lipinski definition) is 12. The first kappa shape index (κ1) is 22.0. The van der Waals surface area contributed by atoms with Crippen molar-refractivity contribution in [3.05, 3.63) is 22.3 Å². The standard InChI is InChI=1S/C16H20N6O6S2/c1-18-16(20-11(23)9(21-28-3)8-6-30-15(17)19-8)13(26)22-10(12(24)25)7(4-27-2)5-29-14(16)22/h6,13-14,26H,1,4-5H2,2-3H3,(H2,17,19)(H,20,23)(H,24,25)/b21-9-/t13?,14-,16-/m1/s1. The van der Waals surface area contributed by atoms with Crippen LogP contribution < -0.4 is 11.1 Å². The van der Waals surface area contributed by atoms with Crippen LogP contribution in [0.15, 0.2) is 26.8 Å². The fourth-order valence-corrected chi connectivity index (χ4v) is 5.30. The van der Waals surface area contributed by atoms with E-state index in [2.05, 4.69) is 27.2 Å². The number of nitrogens with zero attached hydrogens (tertiary/aromatic N) is 4. The van der Waals surface area contributed by atoms with Crippen molar-refractivity contribution in [1.29, 1.82) is 0 Å². The number of carboxylic acid groups (broad SMARTS) is 1. The van der Waals surface area contributed by atoms with E-state index in [-0.39, 0.29) is 28.8 Å². The number of nitrogens with two attached hydrogens (primary N) is 1. The number of thiazole rings is 1. The Morgan fingerprint density at radius 2 is 2.27 bits per heavy atom. The number of aliphatic imine (C=N–C) groups is 1. The van der Waals surface area contributed by atoms with Gasteiger partial charge in [-0.3, -0.25) is 9.79 Å². The smallest absolute Gasteiger partial charge is 0.352 e. The molecule has 0 radical (unpaired) electrons. The molecule has 162 valence electrons. The predicted molar refractivity (Wildman–Crippen MR) is 111 cm³/mol. The SMILES string of the molecule is C=N[C@@]1(NC(=O)/C(=N\OC)c2csc(N)n2)C(O)N2C(C(=O)O)=C(COC)CS[C@@H]21. The molecule has 5 N–H and O–H groups in total. The van der Waals surface area contributed by atoms with Crippen LogP contribution in [-0.4, -0.2) is 88.2 Å². The Balaban J connectivity index is 1.90. The van der Waals surface area contributed by atoms with Crippen molar-refractivity contribution in [3.63, 3.8) is 0 Å². The van der Waals surface area contributed by atoms with Crippen LogP contribution >= 0.6 is 23.1 Å². The number of amides is 1. The molecule has 3 rings (SSSR count). The Hall–Kier alpha value is -2.68. The van der Waals surface area contributed by atoms with Gasteiger partial charge in [0.25, 0.3) is 5.91 Å². The minimum atomic E-state index is -1.57. The van der Waals surface area contributed by atoms with Gasteiger partial charge in [-0.25, -0.2) is 9.78 Å². The second kappa shape index (κ2) is 8.59. The lowest BCUT2D eigenvalue weighted by atomic mass is 9.93. The molecule has 0 bridgehead atoms. The summed E-state index contributed by atoms with van der Waals surface area (Å²) < 4.78 is 5.06. The van der Waals surface area contributed by atoms with E-state index < -0.39 is 29.1 Å². The number of hydrogen-bond donors (Lipinski definition) is 4. The molecule has 3 heterocycles. The zero-order valence-electron chi connectivity index (χ0n) is 16.1. The van der Waals surface area contributed by atoms with Crippen LogP contribution in [0.25, 0.3) is 0 Å². The number of nitrogen functional groups attached to an aromatic ring is 1. The number of fused-ring (bicyclic) bond motifs is 1. The number of carboxylic acids is 1. The quantitative estimate of drug-likeness (QED) is 0.289. The number of thioether (sulfide) groups is 1. The average Bonchev–Trinajstić information content (AvgIpc) is 3.15. The molecule has 0 aliphatic carbocycles. The summed E-state index contributed by atoms with van der Waals surface area (Å²) in [7, 11) is 2.72. The highest BCUT2D eigenvalue weighted by molar-refractivity contribution is 8.00. The van der Waals surface area contributed by atoms with E-state index in [1.807, 2.05) is 0 Å². The summed E-state index contributed by atoms with van der Waals surface area (Å²) in [6.45, 7) is 3.60. The van der Waals surface area contributed by atoms with Crippen LogP contribution in [0.3, 0.4) is 0 Å². The first-order valence-electron chi connectivity index (χ1n) is 8.45. The van der Waals surface area contributed by atoms with Gasteiger partial charge in [0.2, 0.25) is 5.66 Å². The number of carbonyl (C=O) groups is 2. The summed E-state index contributed by atoms with van der Waals surface area (Å²) in [6, 6.07) is 0. The molecule has 2 aliphatic rings. The monoisotopic (exact) mass is 456 g/mol. The van der Waals surface area contributed by atoms with Crippen LogP contribution in [0.2, 0.25) is 0 Å². The van der Waals surface area contributed by atoms with E-state index in [1.165, 1.54) is 36.3 Å². The number of aliphatic hydroxyl groups excluding tert-OH is 1. The second-order valence-electron chi connectivity index (χ2n) is 6.27. The molecule has 3 atom stereocenters. The number of methoxy groups -OCH3 is 1. The van der Waals surface area contributed by atoms with E-state index in [1.54, 1.807) is 0 Å². The van der Waals surface area contributed by atoms with E-state index in [9.17, 15) is 19.8 Å². The summed E-state index contributed by atoms with van der Waals surface area (Å²) in [4.78, 5) is 38.7. The molecule has 1 aromatic heterocycles. The molecule has 1 aromatic rings. The molecule has 0 spiro atoms. The summed E-state index contributed by atoms with van der Waals surface area (Å²) in [5.74, 6) is -1.63. The van der Waals surface area contributed by atoms with Crippen molar-refractivity contribution in [2.45, 2.75) is 17.3 Å². The zero-order valence-corrected chi connectivity index (χ0v) is 17.7. The Kier molecular flexibility index (Phi) is 6.30. The van der Waals surface area contributed by atoms with Gasteiger partial charge < -0.3 is 35.7 Å². The van der Waals surface area contributed by atoms with Gasteiger partial charge in [0.1, 0.15) is 23.9 Å². The largest absolute Gasteiger partial charge is 0.477 e. The zero-order chi connectivity index (χ0) is 22.1. The molecule has 2 aliphatic heterocycles. The lowest BCUT2D eigenvalue weighted by molar-refractivity contribution is -0.168. The number of ether oxygens (including phenoxy) is 1. The maximum atomic E-state index is 12.9. The molecular formula is C16H20N6O6S2. The topological polar surface area (TPSA) is 172 Å². The van der Waals surface area contributed by atoms with Crippen molar-refractivity contribution in [2.75, 3.05) is 32.3 Å². The highest BCUT2D eigenvalue weighted by Crippen LogP contribution is 2.49. The average molecular weight is 457 g/mol. The first-order chi connectivity index (χ1) is 14.3. The molecular weight excluding hydrogens is 436 g/mol. The minimum absolute atomic E-state index is 0.0836. The van der Waals surface area contributed by atoms with Gasteiger partial charge in [-0.05, 0) is 12.3 Å². The van der Waals surface area contributed by atoms with Crippen LogP contribution in [0, 0.1) is 0 Å². The lowest BCUT2D eigenvalue weighted by Gasteiger charge is -2.60. The minimum Gasteiger partial charge on any atom is -0.477 e. The normalized spacial score (nSPS) is 26.0. The lowest BCUT2D eigenvalue weighted by Crippen LogP contribution is -2.81. The van der Waals surface area contributed by atoms with Gasteiger partial charge in [0, 0.05) is 18.2 Å². The number of nitrogens with one attached hydrogen (secondary N) is 1. The highest BCUT2D eigenvalue weighted by atomic mass is 32.2. The number of rotatable bonds is 8. The van der Waals surface area contributed by atoms with Crippen LogP contribution in [0.1, 0.15) is 5.69 Å². The Morgan fingerprint density at radius 3 is 2.80 bits per heavy atom. The van der Waals surface area contributed by atoms with Gasteiger partial charge in [0.15, 0.2) is 17.1 Å². The molecule has 1 unspecified atom stereocenters. The maximum absolute atomic E-state index is 12.9. The number of aliphatic hydroxyl groups is 1. The van der Waals surface area contributed by atoms with Crippen molar-refractivity contribution in [1.82, 2.24) is 15.2 Å². The molecule has 0 saturated carbocycles. The maximum Gasteiger partial charge on any atom is 0.352 e. The Morgan fingerprint density at radius 1 is 1.53 bits per heavy atom. The number of aliphatic carboxylic acids is 1. The molecule has 14 heteroatoms. The van der Waals surface area contributed by atoms with Gasteiger partial charge in [0.05, 0.1) is 6.61 Å². The third-order valence-corrected chi connectivity index (χ3v) is 6.64. The van der Waals surface area contributed by atoms with E-state index in [0.717, 1.165) is 11.3 Å². The second-order valence-corrected chi connectivity index (χ2v) is 8.22. The van der Waals surface area contributed by atoms with Gasteiger partial charge in [-0.2, -0.15) is 0 Å². The molecule has 12 nitrogen and oxygen atoms in total. The summed E-state index contributed by atoms with van der Waals surface area (Å²) >= 11 is 2.41. The first-order valence-corrected chi connectivity index (χ1v) is 10.4. The van der Waals surface area contributed by atoms with Crippen LogP contribution in [-0.2, 0) is 19.2 Å². The van der Waals surface area contributed by atoms with Crippen LogP contribution in [0.5, 0.6) is 0 Å². The Bertz CT molecular complexity index is 933. The number of oxime groups is 1. The van der Waals surface area contributed by atoms with Crippen LogP contribution in [0.4, 0.5) is 5.13 Å². The summed E-state index contributed by atoms with van der Waals surface area (Å²) in [5.41, 5.74) is 4.49. The van der Waals surface area contributed by atoms with Gasteiger partial charge >= 0.3 is 5.97 Å². The van der Waals surface area contributed by atoms with Gasteiger partial charge in [-0.1, -0.05) is 5.16 Å².